The zero-order valence-corrected chi connectivity index (χ0v) is 9.52. The lowest BCUT2D eigenvalue weighted by atomic mass is 9.85. The Labute approximate surface area is 95.2 Å². The predicted molar refractivity (Wildman–Crippen MR) is 58.1 cm³/mol. The summed E-state index contributed by atoms with van der Waals surface area (Å²) >= 11 is 0. The van der Waals surface area contributed by atoms with Crippen LogP contribution in [0.1, 0.15) is 31.4 Å². The molecule has 1 N–H and O–H groups in total. The van der Waals surface area contributed by atoms with Gasteiger partial charge < -0.3 is 19.0 Å². The van der Waals surface area contributed by atoms with E-state index in [4.69, 9.17) is 13.9 Å². The first-order valence-electron chi connectivity index (χ1n) is 5.70. The van der Waals surface area contributed by atoms with Crippen LogP contribution in [0, 0.1) is 0 Å². The third-order valence-corrected chi connectivity index (χ3v) is 3.13. The number of hydrogen-bond acceptors (Lipinski definition) is 4. The highest BCUT2D eigenvalue weighted by Crippen LogP contribution is 2.37. The molecule has 1 saturated heterocycles. The number of hydrogen-bond donors (Lipinski definition) is 1. The summed E-state index contributed by atoms with van der Waals surface area (Å²) in [6, 6.07) is 1.78. The van der Waals surface area contributed by atoms with Gasteiger partial charge in [-0.1, -0.05) is 0 Å². The molecule has 0 bridgehead atoms. The van der Waals surface area contributed by atoms with Crippen LogP contribution in [-0.4, -0.2) is 30.5 Å². The highest BCUT2D eigenvalue weighted by molar-refractivity contribution is 5.14. The van der Waals surface area contributed by atoms with Gasteiger partial charge in [-0.05, 0) is 13.0 Å². The van der Waals surface area contributed by atoms with Crippen LogP contribution < -0.4 is 0 Å². The zero-order chi connectivity index (χ0) is 11.4. The van der Waals surface area contributed by atoms with Crippen LogP contribution in [0.3, 0.4) is 0 Å². The first kappa shape index (κ1) is 11.6. The molecule has 1 fully saturated rings. The van der Waals surface area contributed by atoms with Gasteiger partial charge in [0.15, 0.2) is 0 Å². The maximum Gasteiger partial charge on any atom is 0.111 e. The number of ether oxygens (including phenoxy) is 2. The van der Waals surface area contributed by atoms with Gasteiger partial charge in [0.1, 0.15) is 11.7 Å². The number of rotatable bonds is 4. The van der Waals surface area contributed by atoms with E-state index in [-0.39, 0.29) is 0 Å². The Morgan fingerprint density at radius 2 is 2.25 bits per heavy atom. The van der Waals surface area contributed by atoms with Crippen molar-refractivity contribution < 1.29 is 19.0 Å². The van der Waals surface area contributed by atoms with Gasteiger partial charge in [0.2, 0.25) is 0 Å². The Morgan fingerprint density at radius 1 is 1.50 bits per heavy atom. The standard InChI is InChI=1S/C12H18O4/c1-2-16-12(4-7-14-8-5-12)11(13)10-3-6-15-9-10/h3,6,9,11,13H,2,4-5,7-8H2,1H3. The van der Waals surface area contributed by atoms with Crippen LogP contribution in [-0.2, 0) is 9.47 Å². The lowest BCUT2D eigenvalue weighted by Crippen LogP contribution is -2.44. The molecule has 2 rings (SSSR count). The largest absolute Gasteiger partial charge is 0.472 e. The Hall–Kier alpha value is -0.840. The van der Waals surface area contributed by atoms with E-state index in [0.29, 0.717) is 32.7 Å². The van der Waals surface area contributed by atoms with Crippen molar-refractivity contribution in [1.29, 1.82) is 0 Å². The van der Waals surface area contributed by atoms with Crippen LogP contribution in [0.25, 0.3) is 0 Å². The summed E-state index contributed by atoms with van der Waals surface area (Å²) in [6.07, 6.45) is 3.92. The second kappa shape index (κ2) is 4.99. The van der Waals surface area contributed by atoms with Crippen molar-refractivity contribution in [2.75, 3.05) is 19.8 Å². The molecule has 0 aromatic carbocycles. The summed E-state index contributed by atoms with van der Waals surface area (Å²) in [5, 5.41) is 10.4. The van der Waals surface area contributed by atoms with E-state index in [2.05, 4.69) is 0 Å². The molecular weight excluding hydrogens is 208 g/mol. The zero-order valence-electron chi connectivity index (χ0n) is 9.52. The smallest absolute Gasteiger partial charge is 0.111 e. The van der Waals surface area contributed by atoms with Crippen molar-refractivity contribution >= 4 is 0 Å². The van der Waals surface area contributed by atoms with Crippen LogP contribution in [0.2, 0.25) is 0 Å². The average Bonchev–Trinajstić information content (AvgIpc) is 2.83. The summed E-state index contributed by atoms with van der Waals surface area (Å²) in [5.41, 5.74) is 0.256. The molecule has 1 aliphatic rings. The monoisotopic (exact) mass is 226 g/mol. The molecule has 1 aromatic heterocycles. The van der Waals surface area contributed by atoms with Gasteiger partial charge in [-0.3, -0.25) is 0 Å². The molecule has 0 saturated carbocycles. The second-order valence-corrected chi connectivity index (χ2v) is 4.07. The maximum absolute atomic E-state index is 10.4. The van der Waals surface area contributed by atoms with Crippen molar-refractivity contribution in [1.82, 2.24) is 0 Å². The fourth-order valence-electron chi connectivity index (χ4n) is 2.24. The van der Waals surface area contributed by atoms with Gasteiger partial charge in [-0.2, -0.15) is 0 Å². The summed E-state index contributed by atoms with van der Waals surface area (Å²) in [5.74, 6) is 0. The van der Waals surface area contributed by atoms with E-state index in [1.807, 2.05) is 6.92 Å². The SMILES string of the molecule is CCOC1(C(O)c2ccoc2)CCOCC1. The highest BCUT2D eigenvalue weighted by Gasteiger charge is 2.41. The Morgan fingerprint density at radius 3 is 2.81 bits per heavy atom. The van der Waals surface area contributed by atoms with Gasteiger partial charge in [0.25, 0.3) is 0 Å². The lowest BCUT2D eigenvalue weighted by molar-refractivity contribution is -0.168. The minimum absolute atomic E-state index is 0.517. The van der Waals surface area contributed by atoms with Crippen molar-refractivity contribution in [3.63, 3.8) is 0 Å². The molecule has 0 radical (unpaired) electrons. The first-order chi connectivity index (χ1) is 7.78. The Kier molecular flexibility index (Phi) is 3.63. The van der Waals surface area contributed by atoms with Crippen molar-refractivity contribution in [3.05, 3.63) is 24.2 Å². The number of aliphatic hydroxyl groups is 1. The van der Waals surface area contributed by atoms with E-state index in [0.717, 1.165) is 5.56 Å². The van der Waals surface area contributed by atoms with E-state index in [9.17, 15) is 5.11 Å². The fraction of sp³-hybridized carbons (Fsp3) is 0.667. The molecule has 0 aliphatic carbocycles. The highest BCUT2D eigenvalue weighted by atomic mass is 16.5. The average molecular weight is 226 g/mol. The van der Waals surface area contributed by atoms with Crippen molar-refractivity contribution in [2.24, 2.45) is 0 Å². The predicted octanol–water partition coefficient (Wildman–Crippen LogP) is 1.90. The Balaban J connectivity index is 2.17. The molecule has 4 nitrogen and oxygen atoms in total. The number of aliphatic hydroxyl groups excluding tert-OH is 1. The summed E-state index contributed by atoms with van der Waals surface area (Å²) < 4.78 is 16.1. The van der Waals surface area contributed by atoms with Crippen LogP contribution in [0.5, 0.6) is 0 Å². The normalized spacial score (nSPS) is 21.9. The molecule has 90 valence electrons. The third kappa shape index (κ3) is 2.14. The van der Waals surface area contributed by atoms with Gasteiger partial charge >= 0.3 is 0 Å². The van der Waals surface area contributed by atoms with Crippen LogP contribution in [0.4, 0.5) is 0 Å². The van der Waals surface area contributed by atoms with E-state index < -0.39 is 11.7 Å². The molecule has 0 spiro atoms. The Bertz CT molecular complexity index is 295. The van der Waals surface area contributed by atoms with Gasteiger partial charge in [0.05, 0.1) is 12.5 Å². The molecule has 1 atom stereocenters. The van der Waals surface area contributed by atoms with Crippen LogP contribution >= 0.6 is 0 Å². The number of furan rings is 1. The lowest BCUT2D eigenvalue weighted by Gasteiger charge is -2.40. The molecule has 16 heavy (non-hydrogen) atoms. The minimum Gasteiger partial charge on any atom is -0.472 e. The maximum atomic E-state index is 10.4. The minimum atomic E-state index is -0.643. The van der Waals surface area contributed by atoms with Crippen molar-refractivity contribution in [3.8, 4) is 0 Å². The van der Waals surface area contributed by atoms with Gasteiger partial charge in [0, 0.05) is 38.2 Å². The first-order valence-corrected chi connectivity index (χ1v) is 5.70. The topological polar surface area (TPSA) is 51.8 Å². The molecular formula is C12H18O4. The molecule has 2 heterocycles. The van der Waals surface area contributed by atoms with E-state index >= 15 is 0 Å². The van der Waals surface area contributed by atoms with E-state index in [1.54, 1.807) is 18.6 Å². The summed E-state index contributed by atoms with van der Waals surface area (Å²) in [7, 11) is 0. The molecule has 1 aromatic rings. The molecule has 0 amide bonds. The quantitative estimate of drug-likeness (QED) is 0.852. The van der Waals surface area contributed by atoms with Gasteiger partial charge in [-0.15, -0.1) is 0 Å². The van der Waals surface area contributed by atoms with Crippen LogP contribution in [0.15, 0.2) is 23.0 Å². The van der Waals surface area contributed by atoms with Gasteiger partial charge in [-0.25, -0.2) is 0 Å². The fourth-order valence-corrected chi connectivity index (χ4v) is 2.24. The summed E-state index contributed by atoms with van der Waals surface area (Å²) in [4.78, 5) is 0. The van der Waals surface area contributed by atoms with E-state index in [1.165, 1.54) is 0 Å². The molecule has 1 aliphatic heterocycles. The summed E-state index contributed by atoms with van der Waals surface area (Å²) in [6.45, 7) is 3.80. The van der Waals surface area contributed by atoms with Crippen molar-refractivity contribution in [2.45, 2.75) is 31.5 Å². The molecule has 4 heteroatoms. The third-order valence-electron chi connectivity index (χ3n) is 3.13. The molecule has 1 unspecified atom stereocenters. The second-order valence-electron chi connectivity index (χ2n) is 4.07.